The molecule has 0 aliphatic carbocycles. The standard InChI is InChI=1S/C14H12N2O3S/c1-10(15-17)11-7-8-14(13(9-11)16(18)19)20-12-5-3-2-4-6-12/h2-9,17H,1H3/b15-10+. The third-order valence-electron chi connectivity index (χ3n) is 2.69. The van der Waals surface area contributed by atoms with Gasteiger partial charge in [0.1, 0.15) is 0 Å². The minimum atomic E-state index is -0.431. The van der Waals surface area contributed by atoms with Crippen LogP contribution in [0.1, 0.15) is 12.5 Å². The highest BCUT2D eigenvalue weighted by Crippen LogP contribution is 2.35. The number of nitrogens with zero attached hydrogens (tertiary/aromatic N) is 2. The Morgan fingerprint density at radius 3 is 2.55 bits per heavy atom. The topological polar surface area (TPSA) is 75.7 Å². The summed E-state index contributed by atoms with van der Waals surface area (Å²) in [7, 11) is 0. The van der Waals surface area contributed by atoms with Crippen LogP contribution in [-0.4, -0.2) is 15.8 Å². The van der Waals surface area contributed by atoms with Gasteiger partial charge in [0.25, 0.3) is 5.69 Å². The van der Waals surface area contributed by atoms with Gasteiger partial charge in [-0.05, 0) is 25.1 Å². The molecule has 0 spiro atoms. The lowest BCUT2D eigenvalue weighted by Crippen LogP contribution is -1.98. The Kier molecular flexibility index (Phi) is 4.37. The summed E-state index contributed by atoms with van der Waals surface area (Å²) in [5.74, 6) is 0. The zero-order valence-electron chi connectivity index (χ0n) is 10.7. The van der Waals surface area contributed by atoms with E-state index in [-0.39, 0.29) is 5.69 Å². The van der Waals surface area contributed by atoms with E-state index in [9.17, 15) is 10.1 Å². The van der Waals surface area contributed by atoms with Crippen molar-refractivity contribution in [2.75, 3.05) is 0 Å². The molecule has 102 valence electrons. The van der Waals surface area contributed by atoms with Crippen LogP contribution in [0.4, 0.5) is 5.69 Å². The maximum Gasteiger partial charge on any atom is 0.283 e. The fraction of sp³-hybridized carbons (Fsp3) is 0.0714. The number of benzene rings is 2. The first-order chi connectivity index (χ1) is 9.61. The summed E-state index contributed by atoms with van der Waals surface area (Å²) in [6, 6.07) is 14.2. The van der Waals surface area contributed by atoms with Gasteiger partial charge in [-0.15, -0.1) is 0 Å². The molecular weight excluding hydrogens is 276 g/mol. The normalized spacial score (nSPS) is 11.3. The Labute approximate surface area is 120 Å². The van der Waals surface area contributed by atoms with E-state index >= 15 is 0 Å². The van der Waals surface area contributed by atoms with Gasteiger partial charge in [-0.3, -0.25) is 10.1 Å². The molecule has 2 aromatic carbocycles. The maximum absolute atomic E-state index is 11.2. The van der Waals surface area contributed by atoms with E-state index < -0.39 is 4.92 Å². The van der Waals surface area contributed by atoms with Crippen LogP contribution in [0.15, 0.2) is 63.5 Å². The fourth-order valence-corrected chi connectivity index (χ4v) is 2.57. The summed E-state index contributed by atoms with van der Waals surface area (Å²) in [6.07, 6.45) is 0. The molecule has 0 amide bonds. The molecule has 1 N–H and O–H groups in total. The van der Waals surface area contributed by atoms with Gasteiger partial charge >= 0.3 is 0 Å². The SMILES string of the molecule is C/C(=N\O)c1ccc(Sc2ccccc2)c([N+](=O)[O-])c1. The second-order valence-corrected chi connectivity index (χ2v) is 5.16. The average molecular weight is 288 g/mol. The van der Waals surface area contributed by atoms with Crippen molar-refractivity contribution >= 4 is 23.2 Å². The van der Waals surface area contributed by atoms with Crippen molar-refractivity contribution in [3.05, 3.63) is 64.2 Å². The summed E-state index contributed by atoms with van der Waals surface area (Å²) in [5.41, 5.74) is 0.861. The van der Waals surface area contributed by atoms with Gasteiger partial charge < -0.3 is 5.21 Å². The van der Waals surface area contributed by atoms with E-state index in [1.54, 1.807) is 19.1 Å². The molecular formula is C14H12N2O3S. The van der Waals surface area contributed by atoms with Crippen molar-refractivity contribution in [2.45, 2.75) is 16.7 Å². The van der Waals surface area contributed by atoms with Crippen LogP contribution in [0, 0.1) is 10.1 Å². The molecule has 5 nitrogen and oxygen atoms in total. The maximum atomic E-state index is 11.2. The zero-order chi connectivity index (χ0) is 14.5. The van der Waals surface area contributed by atoms with Crippen molar-refractivity contribution in [2.24, 2.45) is 5.16 Å². The lowest BCUT2D eigenvalue weighted by atomic mass is 10.1. The average Bonchev–Trinajstić information content (AvgIpc) is 2.47. The number of rotatable bonds is 4. The molecule has 0 bridgehead atoms. The van der Waals surface area contributed by atoms with Crippen LogP contribution >= 0.6 is 11.8 Å². The van der Waals surface area contributed by atoms with Gasteiger partial charge in [-0.1, -0.05) is 41.2 Å². The quantitative estimate of drug-likeness (QED) is 0.400. The van der Waals surface area contributed by atoms with Crippen LogP contribution in [0.5, 0.6) is 0 Å². The van der Waals surface area contributed by atoms with Gasteiger partial charge in [-0.25, -0.2) is 0 Å². The molecule has 6 heteroatoms. The van der Waals surface area contributed by atoms with Gasteiger partial charge in [0.15, 0.2) is 0 Å². The van der Waals surface area contributed by atoms with Crippen LogP contribution in [0.2, 0.25) is 0 Å². The van der Waals surface area contributed by atoms with E-state index in [1.165, 1.54) is 17.8 Å². The largest absolute Gasteiger partial charge is 0.411 e. The molecule has 2 aromatic rings. The predicted octanol–water partition coefficient (Wildman–Crippen LogP) is 3.94. The summed E-state index contributed by atoms with van der Waals surface area (Å²) in [4.78, 5) is 12.2. The first-order valence-corrected chi connectivity index (χ1v) is 6.64. The van der Waals surface area contributed by atoms with Crippen molar-refractivity contribution in [3.8, 4) is 0 Å². The smallest absolute Gasteiger partial charge is 0.283 e. The summed E-state index contributed by atoms with van der Waals surface area (Å²) in [5, 5.41) is 23.0. The monoisotopic (exact) mass is 288 g/mol. The number of nitro benzene ring substituents is 1. The Hall–Kier alpha value is -2.34. The van der Waals surface area contributed by atoms with Crippen LogP contribution < -0.4 is 0 Å². The van der Waals surface area contributed by atoms with Gasteiger partial charge in [0.05, 0.1) is 15.5 Å². The highest BCUT2D eigenvalue weighted by molar-refractivity contribution is 7.99. The van der Waals surface area contributed by atoms with E-state index in [2.05, 4.69) is 5.16 Å². The number of hydrogen-bond donors (Lipinski definition) is 1. The lowest BCUT2D eigenvalue weighted by molar-refractivity contribution is -0.387. The van der Waals surface area contributed by atoms with Crippen LogP contribution in [0.25, 0.3) is 0 Å². The summed E-state index contributed by atoms with van der Waals surface area (Å²) >= 11 is 1.33. The molecule has 0 fully saturated rings. The molecule has 0 aromatic heterocycles. The molecule has 0 atom stereocenters. The molecule has 0 aliphatic heterocycles. The number of nitro groups is 1. The molecule has 20 heavy (non-hydrogen) atoms. The second kappa shape index (κ2) is 6.21. The molecule has 0 heterocycles. The second-order valence-electron chi connectivity index (χ2n) is 4.04. The first-order valence-electron chi connectivity index (χ1n) is 5.82. The minimum absolute atomic E-state index is 0.000599. The number of oxime groups is 1. The Morgan fingerprint density at radius 1 is 1.25 bits per heavy atom. The Balaban J connectivity index is 2.41. The fourth-order valence-electron chi connectivity index (χ4n) is 1.64. The van der Waals surface area contributed by atoms with E-state index in [4.69, 9.17) is 5.21 Å². The van der Waals surface area contributed by atoms with Crippen molar-refractivity contribution in [1.29, 1.82) is 0 Å². The summed E-state index contributed by atoms with van der Waals surface area (Å²) in [6.45, 7) is 1.59. The van der Waals surface area contributed by atoms with Crippen LogP contribution in [0.3, 0.4) is 0 Å². The number of hydrogen-bond acceptors (Lipinski definition) is 5. The lowest BCUT2D eigenvalue weighted by Gasteiger charge is -2.05. The van der Waals surface area contributed by atoms with Crippen molar-refractivity contribution in [3.63, 3.8) is 0 Å². The highest BCUT2D eigenvalue weighted by Gasteiger charge is 2.16. The van der Waals surface area contributed by atoms with Gasteiger partial charge in [-0.2, -0.15) is 0 Å². The molecule has 0 aliphatic rings. The zero-order valence-corrected chi connectivity index (χ0v) is 11.5. The molecule has 0 unspecified atom stereocenters. The van der Waals surface area contributed by atoms with E-state index in [0.29, 0.717) is 16.2 Å². The summed E-state index contributed by atoms with van der Waals surface area (Å²) < 4.78 is 0. The molecule has 2 rings (SSSR count). The van der Waals surface area contributed by atoms with E-state index in [1.807, 2.05) is 30.3 Å². The molecule has 0 saturated carbocycles. The van der Waals surface area contributed by atoms with Crippen LogP contribution in [-0.2, 0) is 0 Å². The highest BCUT2D eigenvalue weighted by atomic mass is 32.2. The molecule has 0 saturated heterocycles. The van der Waals surface area contributed by atoms with Crippen molar-refractivity contribution < 1.29 is 10.1 Å². The molecule has 0 radical (unpaired) electrons. The van der Waals surface area contributed by atoms with Gasteiger partial charge in [0.2, 0.25) is 0 Å². The third kappa shape index (κ3) is 3.16. The Morgan fingerprint density at radius 2 is 1.95 bits per heavy atom. The van der Waals surface area contributed by atoms with E-state index in [0.717, 1.165) is 4.90 Å². The minimum Gasteiger partial charge on any atom is -0.411 e. The first kappa shape index (κ1) is 14.1. The third-order valence-corrected chi connectivity index (χ3v) is 3.77. The van der Waals surface area contributed by atoms with Gasteiger partial charge in [0, 0.05) is 16.5 Å². The van der Waals surface area contributed by atoms with Crippen molar-refractivity contribution in [1.82, 2.24) is 0 Å². The predicted molar refractivity (Wildman–Crippen MR) is 77.7 cm³/mol. The Bertz CT molecular complexity index is 657.